The van der Waals surface area contributed by atoms with E-state index in [0.29, 0.717) is 36.7 Å². The molecule has 3 heterocycles. The number of aromatic nitrogens is 2. The number of anilines is 1. The van der Waals surface area contributed by atoms with E-state index in [1.165, 1.54) is 0 Å². The van der Waals surface area contributed by atoms with Crippen molar-refractivity contribution >= 4 is 23.3 Å². The Bertz CT molecular complexity index is 1060. The lowest BCUT2D eigenvalue weighted by molar-refractivity contribution is -0.117. The fraction of sp³-hybridized carbons (Fsp3) is 0.538. The van der Waals surface area contributed by atoms with Crippen molar-refractivity contribution in [1.82, 2.24) is 15.3 Å². The summed E-state index contributed by atoms with van der Waals surface area (Å²) >= 11 is 6.52. The van der Waals surface area contributed by atoms with Crippen LogP contribution in [0.4, 0.5) is 5.82 Å². The molecule has 9 heteroatoms. The quantitative estimate of drug-likeness (QED) is 0.483. The molecule has 1 aliphatic heterocycles. The van der Waals surface area contributed by atoms with E-state index in [-0.39, 0.29) is 12.5 Å². The third kappa shape index (κ3) is 6.91. The Balaban J connectivity index is 1.39. The number of hydrogen-bond acceptors (Lipinski definition) is 7. The van der Waals surface area contributed by atoms with Gasteiger partial charge in [-0.25, -0.2) is 4.98 Å². The zero-order chi connectivity index (χ0) is 24.7. The van der Waals surface area contributed by atoms with Crippen LogP contribution >= 0.6 is 11.6 Å². The maximum absolute atomic E-state index is 11.0. The van der Waals surface area contributed by atoms with Crippen molar-refractivity contribution in [3.8, 4) is 17.3 Å². The Morgan fingerprint density at radius 2 is 2.03 bits per heavy atom. The molecular formula is C26H33ClN6O2. The number of primary amides is 1. The molecule has 1 amide bonds. The summed E-state index contributed by atoms with van der Waals surface area (Å²) < 4.78 is 5.42. The summed E-state index contributed by atoms with van der Waals surface area (Å²) in [5.41, 5.74) is 7.46. The smallest absolute Gasteiger partial charge is 0.231 e. The number of nitrogens with zero attached hydrogens (tertiary/aromatic N) is 3. The predicted molar refractivity (Wildman–Crippen MR) is 136 cm³/mol. The van der Waals surface area contributed by atoms with Gasteiger partial charge in [0.05, 0.1) is 28.7 Å². The van der Waals surface area contributed by atoms with Crippen molar-refractivity contribution in [3.63, 3.8) is 0 Å². The lowest BCUT2D eigenvalue weighted by Gasteiger charge is -2.30. The van der Waals surface area contributed by atoms with E-state index in [0.717, 1.165) is 67.7 Å². The third-order valence-corrected chi connectivity index (χ3v) is 7.44. The SMILES string of the molecule is N#CC1(CNc2cccc(-c3cc(CC4CCC(NCC(N)=O)CC4)ncc3Cl)n2)CCOCC1. The van der Waals surface area contributed by atoms with Crippen molar-refractivity contribution in [3.05, 3.63) is 41.2 Å². The lowest BCUT2D eigenvalue weighted by atomic mass is 9.82. The van der Waals surface area contributed by atoms with Crippen molar-refractivity contribution in [2.24, 2.45) is 17.1 Å². The molecule has 4 rings (SSSR count). The number of halogens is 1. The summed E-state index contributed by atoms with van der Waals surface area (Å²) in [4.78, 5) is 20.3. The molecule has 0 aromatic carbocycles. The second-order valence-electron chi connectivity index (χ2n) is 9.69. The van der Waals surface area contributed by atoms with Gasteiger partial charge in [0, 0.05) is 43.3 Å². The number of carbonyl (C=O) groups is 1. The van der Waals surface area contributed by atoms with Crippen molar-refractivity contribution in [1.29, 1.82) is 5.26 Å². The van der Waals surface area contributed by atoms with Crippen LogP contribution in [0.2, 0.25) is 5.02 Å². The summed E-state index contributed by atoms with van der Waals surface area (Å²) in [5.74, 6) is 0.955. The molecule has 2 aliphatic rings. The fourth-order valence-corrected chi connectivity index (χ4v) is 5.13. The summed E-state index contributed by atoms with van der Waals surface area (Å²) in [6, 6.07) is 10.7. The average molecular weight is 497 g/mol. The minimum Gasteiger partial charge on any atom is -0.381 e. The van der Waals surface area contributed by atoms with Gasteiger partial charge in [0.1, 0.15) is 5.82 Å². The molecule has 2 aromatic heterocycles. The van der Waals surface area contributed by atoms with Gasteiger partial charge in [0.2, 0.25) is 5.91 Å². The first-order valence-electron chi connectivity index (χ1n) is 12.3. The monoisotopic (exact) mass is 496 g/mol. The van der Waals surface area contributed by atoms with E-state index in [1.54, 1.807) is 6.20 Å². The molecule has 0 spiro atoms. The van der Waals surface area contributed by atoms with Gasteiger partial charge in [0.15, 0.2) is 0 Å². The Labute approximate surface area is 211 Å². The minimum absolute atomic E-state index is 0.240. The predicted octanol–water partition coefficient (Wildman–Crippen LogP) is 3.71. The topological polar surface area (TPSA) is 126 Å². The number of pyridine rings is 2. The Hall–Kier alpha value is -2.73. The minimum atomic E-state index is -0.425. The van der Waals surface area contributed by atoms with E-state index < -0.39 is 5.41 Å². The van der Waals surface area contributed by atoms with E-state index in [4.69, 9.17) is 27.1 Å². The maximum Gasteiger partial charge on any atom is 0.231 e. The number of amides is 1. The number of nitrogens with two attached hydrogens (primary N) is 1. The highest BCUT2D eigenvalue weighted by molar-refractivity contribution is 6.33. The Kier molecular flexibility index (Phi) is 8.55. The molecule has 1 saturated carbocycles. The highest BCUT2D eigenvalue weighted by Gasteiger charge is 2.32. The van der Waals surface area contributed by atoms with Crippen LogP contribution in [0.5, 0.6) is 0 Å². The van der Waals surface area contributed by atoms with E-state index in [9.17, 15) is 10.1 Å². The molecule has 8 nitrogen and oxygen atoms in total. The molecule has 2 fully saturated rings. The first-order valence-corrected chi connectivity index (χ1v) is 12.7. The molecule has 0 atom stereocenters. The second kappa shape index (κ2) is 11.8. The van der Waals surface area contributed by atoms with Crippen LogP contribution in [0.25, 0.3) is 11.3 Å². The molecule has 1 aliphatic carbocycles. The van der Waals surface area contributed by atoms with Gasteiger partial charge in [-0.3, -0.25) is 9.78 Å². The fourth-order valence-electron chi connectivity index (χ4n) is 4.93. The summed E-state index contributed by atoms with van der Waals surface area (Å²) in [7, 11) is 0. The number of nitrogens with one attached hydrogen (secondary N) is 2. The summed E-state index contributed by atoms with van der Waals surface area (Å²) in [5, 5.41) is 16.9. The highest BCUT2D eigenvalue weighted by atomic mass is 35.5. The van der Waals surface area contributed by atoms with Crippen LogP contribution in [-0.2, 0) is 16.0 Å². The van der Waals surface area contributed by atoms with Gasteiger partial charge in [-0.05, 0) is 69.1 Å². The van der Waals surface area contributed by atoms with Crippen LogP contribution in [0.3, 0.4) is 0 Å². The molecule has 35 heavy (non-hydrogen) atoms. The van der Waals surface area contributed by atoms with E-state index in [2.05, 4.69) is 21.7 Å². The van der Waals surface area contributed by atoms with Gasteiger partial charge in [0.25, 0.3) is 0 Å². The van der Waals surface area contributed by atoms with Crippen LogP contribution in [-0.4, -0.2) is 48.2 Å². The summed E-state index contributed by atoms with van der Waals surface area (Å²) in [6.45, 7) is 2.01. The zero-order valence-corrected chi connectivity index (χ0v) is 20.7. The molecule has 186 valence electrons. The van der Waals surface area contributed by atoms with E-state index >= 15 is 0 Å². The highest BCUT2D eigenvalue weighted by Crippen LogP contribution is 2.32. The third-order valence-electron chi connectivity index (χ3n) is 7.14. The number of carbonyl (C=O) groups excluding carboxylic acids is 1. The molecular weight excluding hydrogens is 464 g/mol. The molecule has 0 radical (unpaired) electrons. The number of rotatable bonds is 9. The van der Waals surface area contributed by atoms with E-state index in [1.807, 2.05) is 24.3 Å². The standard InChI is InChI=1S/C26H33ClN6O2/c27-22-14-30-20(12-18-4-6-19(7-5-18)31-15-24(29)34)13-21(22)23-2-1-3-25(33-23)32-17-26(16-28)8-10-35-11-9-26/h1-3,13-14,18-19,31H,4-12,15,17H2,(H2,29,34)(H,32,33). The lowest BCUT2D eigenvalue weighted by Crippen LogP contribution is -2.39. The molecule has 4 N–H and O–H groups in total. The Morgan fingerprint density at radius 3 is 2.74 bits per heavy atom. The first-order chi connectivity index (χ1) is 17.0. The van der Waals surface area contributed by atoms with Crippen LogP contribution < -0.4 is 16.4 Å². The zero-order valence-electron chi connectivity index (χ0n) is 19.9. The van der Waals surface area contributed by atoms with Crippen LogP contribution in [0.1, 0.15) is 44.2 Å². The van der Waals surface area contributed by atoms with Crippen molar-refractivity contribution < 1.29 is 9.53 Å². The molecule has 0 bridgehead atoms. The van der Waals surface area contributed by atoms with Gasteiger partial charge in [-0.2, -0.15) is 5.26 Å². The van der Waals surface area contributed by atoms with Crippen LogP contribution in [0.15, 0.2) is 30.5 Å². The normalized spacial score (nSPS) is 21.7. The van der Waals surface area contributed by atoms with Gasteiger partial charge < -0.3 is 21.1 Å². The van der Waals surface area contributed by atoms with Gasteiger partial charge in [-0.1, -0.05) is 17.7 Å². The summed E-state index contributed by atoms with van der Waals surface area (Å²) in [6.07, 6.45) is 8.27. The van der Waals surface area contributed by atoms with Crippen molar-refractivity contribution in [2.45, 2.75) is 51.0 Å². The maximum atomic E-state index is 11.0. The molecule has 2 aromatic rings. The van der Waals surface area contributed by atoms with Gasteiger partial charge in [-0.15, -0.1) is 0 Å². The first kappa shape index (κ1) is 25.4. The second-order valence-corrected chi connectivity index (χ2v) is 10.1. The van der Waals surface area contributed by atoms with Gasteiger partial charge >= 0.3 is 0 Å². The number of ether oxygens (including phenoxy) is 1. The van der Waals surface area contributed by atoms with Crippen LogP contribution in [0, 0.1) is 22.7 Å². The number of hydrogen-bond donors (Lipinski definition) is 3. The largest absolute Gasteiger partial charge is 0.381 e. The number of nitriles is 1. The van der Waals surface area contributed by atoms with Crippen molar-refractivity contribution in [2.75, 3.05) is 31.6 Å². The molecule has 0 unspecified atom stereocenters. The Morgan fingerprint density at radius 1 is 1.26 bits per heavy atom. The molecule has 1 saturated heterocycles. The average Bonchev–Trinajstić information content (AvgIpc) is 2.89.